The number of ether oxygens (including phenoxy) is 1. The van der Waals surface area contributed by atoms with Crippen LogP contribution in [-0.2, 0) is 11.3 Å². The number of tetrazole rings is 1. The monoisotopic (exact) mass is 377 g/mol. The zero-order chi connectivity index (χ0) is 18.8. The van der Waals surface area contributed by atoms with E-state index in [2.05, 4.69) is 20.5 Å². The predicted molar refractivity (Wildman–Crippen MR) is 96.7 cm³/mol. The second kappa shape index (κ2) is 7.71. The number of hydrogen-bond acceptors (Lipinski definition) is 7. The Morgan fingerprint density at radius 1 is 1.42 bits per heavy atom. The van der Waals surface area contributed by atoms with Crippen LogP contribution in [0, 0.1) is 13.8 Å². The third-order valence-corrected chi connectivity index (χ3v) is 5.66. The molecule has 0 aliphatic carbocycles. The van der Waals surface area contributed by atoms with Gasteiger partial charge in [-0.25, -0.2) is 4.68 Å². The van der Waals surface area contributed by atoms with E-state index >= 15 is 0 Å². The molecule has 9 heteroatoms. The molecule has 0 amide bonds. The molecular weight excluding hydrogens is 354 g/mol. The molecular formula is C17H23N5O3S. The third-order valence-electron chi connectivity index (χ3n) is 4.59. The van der Waals surface area contributed by atoms with Gasteiger partial charge in [-0.15, -0.1) is 5.10 Å². The summed E-state index contributed by atoms with van der Waals surface area (Å²) in [6, 6.07) is 0. The van der Waals surface area contributed by atoms with Crippen molar-refractivity contribution in [1.29, 1.82) is 0 Å². The largest absolute Gasteiger partial charge is 0.376 e. The van der Waals surface area contributed by atoms with E-state index < -0.39 is 0 Å². The molecule has 8 nitrogen and oxygen atoms in total. The van der Waals surface area contributed by atoms with Crippen molar-refractivity contribution in [1.82, 2.24) is 25.2 Å². The lowest BCUT2D eigenvalue weighted by Gasteiger charge is -2.12. The van der Waals surface area contributed by atoms with E-state index in [-0.39, 0.29) is 22.9 Å². The van der Waals surface area contributed by atoms with Crippen molar-refractivity contribution >= 4 is 23.3 Å². The fraction of sp³-hybridized carbons (Fsp3) is 0.588. The van der Waals surface area contributed by atoms with Crippen LogP contribution in [0.3, 0.4) is 0 Å². The van der Waals surface area contributed by atoms with Crippen LogP contribution in [0.1, 0.15) is 58.8 Å². The first kappa shape index (κ1) is 18.8. The van der Waals surface area contributed by atoms with Gasteiger partial charge in [0.25, 0.3) is 0 Å². The summed E-state index contributed by atoms with van der Waals surface area (Å²) in [4.78, 5) is 27.7. The van der Waals surface area contributed by atoms with Gasteiger partial charge in [0.1, 0.15) is 0 Å². The highest BCUT2D eigenvalue weighted by Crippen LogP contribution is 2.27. The maximum atomic E-state index is 12.9. The average Bonchev–Trinajstić information content (AvgIpc) is 3.29. The minimum atomic E-state index is -0.388. The Labute approximate surface area is 156 Å². The second-order valence-electron chi connectivity index (χ2n) is 6.58. The van der Waals surface area contributed by atoms with Crippen LogP contribution in [0.2, 0.25) is 0 Å². The van der Waals surface area contributed by atoms with E-state index in [1.165, 1.54) is 18.7 Å². The third kappa shape index (κ3) is 3.73. The predicted octanol–water partition coefficient (Wildman–Crippen LogP) is 2.36. The van der Waals surface area contributed by atoms with Crippen LogP contribution in [0.4, 0.5) is 0 Å². The number of thioether (sulfide) groups is 1. The SMILES string of the molecule is CC(=O)c1c(C)[nH]c(C(=O)[C@H](C)Sc2nnnn2C[C@H]2CCCO2)c1C. The molecule has 1 aliphatic rings. The lowest BCUT2D eigenvalue weighted by atomic mass is 10.0. The number of nitrogens with one attached hydrogen (secondary N) is 1. The van der Waals surface area contributed by atoms with Gasteiger partial charge in [-0.3, -0.25) is 9.59 Å². The molecule has 0 saturated carbocycles. The van der Waals surface area contributed by atoms with Crippen LogP contribution in [0.25, 0.3) is 0 Å². The fourth-order valence-electron chi connectivity index (χ4n) is 3.32. The molecule has 0 radical (unpaired) electrons. The zero-order valence-electron chi connectivity index (χ0n) is 15.4. The molecule has 140 valence electrons. The molecule has 1 saturated heterocycles. The maximum absolute atomic E-state index is 12.9. The molecule has 1 aliphatic heterocycles. The van der Waals surface area contributed by atoms with E-state index in [1.54, 1.807) is 18.5 Å². The van der Waals surface area contributed by atoms with Gasteiger partial charge in [0.2, 0.25) is 5.16 Å². The lowest BCUT2D eigenvalue weighted by molar-refractivity contribution is 0.0911. The number of hydrogen-bond donors (Lipinski definition) is 1. The van der Waals surface area contributed by atoms with E-state index in [9.17, 15) is 9.59 Å². The topological polar surface area (TPSA) is 103 Å². The van der Waals surface area contributed by atoms with Crippen molar-refractivity contribution in [2.45, 2.75) is 63.6 Å². The Hall–Kier alpha value is -2.00. The summed E-state index contributed by atoms with van der Waals surface area (Å²) < 4.78 is 7.32. The highest BCUT2D eigenvalue weighted by molar-refractivity contribution is 8.00. The first-order valence-electron chi connectivity index (χ1n) is 8.67. The van der Waals surface area contributed by atoms with Crippen molar-refractivity contribution in [2.24, 2.45) is 0 Å². The number of ketones is 2. The van der Waals surface area contributed by atoms with Gasteiger partial charge in [-0.2, -0.15) is 0 Å². The maximum Gasteiger partial charge on any atom is 0.210 e. The Bertz CT molecular complexity index is 822. The van der Waals surface area contributed by atoms with Crippen molar-refractivity contribution in [2.75, 3.05) is 6.61 Å². The number of carbonyl (C=O) groups excluding carboxylic acids is 2. The molecule has 1 fully saturated rings. The quantitative estimate of drug-likeness (QED) is 0.583. The van der Waals surface area contributed by atoms with Crippen molar-refractivity contribution in [3.8, 4) is 0 Å². The summed E-state index contributed by atoms with van der Waals surface area (Å²) in [6.45, 7) is 8.29. The minimum absolute atomic E-state index is 0.0453. The summed E-state index contributed by atoms with van der Waals surface area (Å²) in [5, 5.41) is 12.0. The van der Waals surface area contributed by atoms with Crippen LogP contribution in [-0.4, -0.2) is 54.7 Å². The highest BCUT2D eigenvalue weighted by atomic mass is 32.2. The molecule has 3 rings (SSSR count). The molecule has 1 N–H and O–H groups in total. The molecule has 3 heterocycles. The van der Waals surface area contributed by atoms with Crippen LogP contribution < -0.4 is 0 Å². The number of aryl methyl sites for hydroxylation is 1. The second-order valence-corrected chi connectivity index (χ2v) is 7.89. The molecule has 0 aromatic carbocycles. The number of aromatic nitrogens is 5. The van der Waals surface area contributed by atoms with Gasteiger partial charge >= 0.3 is 0 Å². The smallest absolute Gasteiger partial charge is 0.210 e. The van der Waals surface area contributed by atoms with Crippen LogP contribution in [0.15, 0.2) is 5.16 Å². The van der Waals surface area contributed by atoms with E-state index in [0.29, 0.717) is 28.5 Å². The summed E-state index contributed by atoms with van der Waals surface area (Å²) in [6.07, 6.45) is 2.16. The van der Waals surface area contributed by atoms with Gasteiger partial charge < -0.3 is 9.72 Å². The van der Waals surface area contributed by atoms with Crippen molar-refractivity contribution in [3.05, 3.63) is 22.5 Å². The fourth-order valence-corrected chi connectivity index (χ4v) is 4.17. The van der Waals surface area contributed by atoms with E-state index in [0.717, 1.165) is 25.1 Å². The van der Waals surface area contributed by atoms with E-state index in [1.807, 2.05) is 6.92 Å². The molecule has 0 unspecified atom stereocenters. The minimum Gasteiger partial charge on any atom is -0.376 e. The number of rotatable bonds is 7. The Morgan fingerprint density at radius 2 is 2.19 bits per heavy atom. The highest BCUT2D eigenvalue weighted by Gasteiger charge is 2.26. The number of carbonyl (C=O) groups is 2. The van der Waals surface area contributed by atoms with Gasteiger partial charge in [0.05, 0.1) is 23.6 Å². The zero-order valence-corrected chi connectivity index (χ0v) is 16.2. The standard InChI is InChI=1S/C17H23N5O3S/c1-9-14(11(3)23)10(2)18-15(9)16(24)12(4)26-17-19-20-21-22(17)8-13-6-5-7-25-13/h12-13,18H,5-8H2,1-4H3/t12-,13+/m0/s1. The summed E-state index contributed by atoms with van der Waals surface area (Å²) in [5.41, 5.74) is 2.49. The van der Waals surface area contributed by atoms with Gasteiger partial charge in [0.15, 0.2) is 11.6 Å². The molecule has 0 spiro atoms. The Kier molecular flexibility index (Phi) is 5.57. The molecule has 26 heavy (non-hydrogen) atoms. The first-order chi connectivity index (χ1) is 12.4. The molecule has 2 aromatic heterocycles. The lowest BCUT2D eigenvalue weighted by Crippen LogP contribution is -2.19. The van der Waals surface area contributed by atoms with Crippen molar-refractivity contribution < 1.29 is 14.3 Å². The van der Waals surface area contributed by atoms with Crippen LogP contribution in [0.5, 0.6) is 0 Å². The average molecular weight is 377 g/mol. The van der Waals surface area contributed by atoms with Gasteiger partial charge in [-0.05, 0) is 56.5 Å². The Balaban J connectivity index is 1.73. The summed E-state index contributed by atoms with van der Waals surface area (Å²) >= 11 is 1.31. The van der Waals surface area contributed by atoms with Gasteiger partial charge in [0, 0.05) is 17.9 Å². The number of nitrogens with zero attached hydrogens (tertiary/aromatic N) is 4. The number of aromatic amines is 1. The molecule has 2 aromatic rings. The summed E-state index contributed by atoms with van der Waals surface area (Å²) in [7, 11) is 0. The first-order valence-corrected chi connectivity index (χ1v) is 9.55. The van der Waals surface area contributed by atoms with Crippen LogP contribution >= 0.6 is 11.8 Å². The van der Waals surface area contributed by atoms with Gasteiger partial charge in [-0.1, -0.05) is 11.8 Å². The molecule has 2 atom stereocenters. The van der Waals surface area contributed by atoms with Crippen molar-refractivity contribution in [3.63, 3.8) is 0 Å². The number of H-pyrrole nitrogens is 1. The normalized spacial score (nSPS) is 18.2. The number of Topliss-reactive ketones (excluding diaryl/α,β-unsaturated/α-hetero) is 2. The summed E-state index contributed by atoms with van der Waals surface area (Å²) in [5.74, 6) is -0.120. The molecule has 0 bridgehead atoms. The Morgan fingerprint density at radius 3 is 2.81 bits per heavy atom. The van der Waals surface area contributed by atoms with E-state index in [4.69, 9.17) is 4.74 Å².